The van der Waals surface area contributed by atoms with Crippen LogP contribution >= 0.6 is 0 Å². The van der Waals surface area contributed by atoms with Gasteiger partial charge in [-0.05, 0) is 56.7 Å². The Morgan fingerprint density at radius 3 is 2.69 bits per heavy atom. The van der Waals surface area contributed by atoms with Gasteiger partial charge in [-0.3, -0.25) is 19.4 Å². The molecule has 2 aliphatic carbocycles. The summed E-state index contributed by atoms with van der Waals surface area (Å²) >= 11 is 0. The first kappa shape index (κ1) is 19.9. The molecule has 168 valence electrons. The number of nitrogens with zero attached hydrogens (tertiary/aromatic N) is 5. The summed E-state index contributed by atoms with van der Waals surface area (Å²) in [5, 5.41) is 4.21. The Kier molecular flexibility index (Phi) is 4.14. The van der Waals surface area contributed by atoms with Gasteiger partial charge >= 0.3 is 0 Å². The molecule has 9 nitrogen and oxygen atoms in total. The molecule has 0 saturated heterocycles. The Hall–Kier alpha value is -2.72. The normalized spacial score (nSPS) is 23.8. The minimum atomic E-state index is -3.71. The maximum atomic E-state index is 13.6. The van der Waals surface area contributed by atoms with E-state index in [1.54, 1.807) is 27.9 Å². The van der Waals surface area contributed by atoms with Crippen molar-refractivity contribution in [1.82, 2.24) is 19.4 Å². The molecule has 2 aliphatic heterocycles. The molecular weight excluding hydrogens is 428 g/mol. The molecule has 2 aromatic rings. The quantitative estimate of drug-likeness (QED) is 0.718. The van der Waals surface area contributed by atoms with Gasteiger partial charge in [-0.2, -0.15) is 5.10 Å². The number of anilines is 1. The van der Waals surface area contributed by atoms with Crippen LogP contribution in [0, 0.1) is 5.92 Å². The number of hydrogen-bond donors (Lipinski definition) is 1. The monoisotopic (exact) mass is 454 g/mol. The second-order valence-corrected chi connectivity index (χ2v) is 11.4. The molecule has 32 heavy (non-hydrogen) atoms. The van der Waals surface area contributed by atoms with Gasteiger partial charge in [-0.15, -0.1) is 0 Å². The lowest BCUT2D eigenvalue weighted by molar-refractivity contribution is 0.0832. The third kappa shape index (κ3) is 3.24. The van der Waals surface area contributed by atoms with Crippen LogP contribution in [0.25, 0.3) is 0 Å². The van der Waals surface area contributed by atoms with E-state index in [0.717, 1.165) is 36.9 Å². The van der Waals surface area contributed by atoms with E-state index < -0.39 is 10.0 Å². The first-order valence-electron chi connectivity index (χ1n) is 11.1. The molecule has 0 radical (unpaired) electrons. The van der Waals surface area contributed by atoms with Crippen molar-refractivity contribution in [1.29, 1.82) is 0 Å². The van der Waals surface area contributed by atoms with E-state index in [2.05, 4.69) is 14.7 Å². The predicted octanol–water partition coefficient (Wildman–Crippen LogP) is 1.86. The maximum absolute atomic E-state index is 13.6. The van der Waals surface area contributed by atoms with Gasteiger partial charge in [0, 0.05) is 24.3 Å². The molecule has 1 aromatic heterocycles. The molecule has 1 aromatic carbocycles. The summed E-state index contributed by atoms with van der Waals surface area (Å²) in [7, 11) is -1.87. The van der Waals surface area contributed by atoms with E-state index >= 15 is 0 Å². The Morgan fingerprint density at radius 2 is 2.03 bits per heavy atom. The molecule has 1 atom stereocenters. The van der Waals surface area contributed by atoms with E-state index in [1.165, 1.54) is 6.07 Å². The second kappa shape index (κ2) is 6.64. The summed E-state index contributed by atoms with van der Waals surface area (Å²) in [6.45, 7) is 2.89. The van der Waals surface area contributed by atoms with E-state index in [4.69, 9.17) is 4.99 Å². The van der Waals surface area contributed by atoms with Crippen LogP contribution in [0.2, 0.25) is 0 Å². The average molecular weight is 455 g/mol. The molecule has 6 rings (SSSR count). The lowest BCUT2D eigenvalue weighted by Gasteiger charge is -2.39. The first-order valence-corrected chi connectivity index (χ1v) is 12.5. The Labute approximate surface area is 187 Å². The third-order valence-electron chi connectivity index (χ3n) is 6.87. The van der Waals surface area contributed by atoms with Crippen LogP contribution in [-0.4, -0.2) is 53.1 Å². The van der Waals surface area contributed by atoms with Crippen LogP contribution in [0.1, 0.15) is 48.5 Å². The van der Waals surface area contributed by atoms with E-state index in [-0.39, 0.29) is 22.4 Å². The van der Waals surface area contributed by atoms with Crippen molar-refractivity contribution in [3.05, 3.63) is 41.7 Å². The Balaban J connectivity index is 1.41. The number of nitrogens with one attached hydrogen (secondary N) is 1. The van der Waals surface area contributed by atoms with Crippen molar-refractivity contribution in [3.8, 4) is 0 Å². The number of aryl methyl sites for hydroxylation is 1. The lowest BCUT2D eigenvalue weighted by atomic mass is 10.0. The molecule has 4 aliphatic rings. The van der Waals surface area contributed by atoms with Crippen LogP contribution in [0.5, 0.6) is 0 Å². The summed E-state index contributed by atoms with van der Waals surface area (Å²) in [5.74, 6) is 0.977. The average Bonchev–Trinajstić information content (AvgIpc) is 3.63. The van der Waals surface area contributed by atoms with Crippen LogP contribution in [0.4, 0.5) is 5.69 Å². The fraction of sp³-hybridized carbons (Fsp3) is 0.500. The Bertz CT molecular complexity index is 1260. The summed E-state index contributed by atoms with van der Waals surface area (Å²) in [6.07, 6.45) is 7.58. The lowest BCUT2D eigenvalue weighted by Crippen LogP contribution is -2.53. The van der Waals surface area contributed by atoms with Crippen LogP contribution < -0.4 is 9.62 Å². The van der Waals surface area contributed by atoms with Crippen molar-refractivity contribution < 1.29 is 13.2 Å². The van der Waals surface area contributed by atoms with Gasteiger partial charge in [0.2, 0.25) is 16.0 Å². The fourth-order valence-corrected chi connectivity index (χ4v) is 6.17. The SMILES string of the molecule is Cn1cc(CN2C(=O)c3cc(S(=O)(=O)NC4(C)CC4)ccc3N3C2=NC[C@@H]3C2CC2)cn1. The number of rotatable bonds is 6. The highest BCUT2D eigenvalue weighted by Gasteiger charge is 2.47. The fourth-order valence-electron chi connectivity index (χ4n) is 4.68. The van der Waals surface area contributed by atoms with Gasteiger partial charge in [-0.1, -0.05) is 0 Å². The minimum Gasteiger partial charge on any atom is -0.306 e. The number of carbonyl (C=O) groups excluding carboxylic acids is 1. The summed E-state index contributed by atoms with van der Waals surface area (Å²) < 4.78 is 30.4. The first-order chi connectivity index (χ1) is 15.2. The van der Waals surface area contributed by atoms with Crippen molar-refractivity contribution in [3.63, 3.8) is 0 Å². The van der Waals surface area contributed by atoms with Crippen LogP contribution in [0.15, 0.2) is 40.5 Å². The largest absolute Gasteiger partial charge is 0.306 e. The molecule has 0 bridgehead atoms. The molecular formula is C22H26N6O3S. The predicted molar refractivity (Wildman–Crippen MR) is 119 cm³/mol. The maximum Gasteiger partial charge on any atom is 0.263 e. The number of hydrogen-bond acceptors (Lipinski definition) is 6. The molecule has 2 saturated carbocycles. The zero-order valence-electron chi connectivity index (χ0n) is 18.2. The highest BCUT2D eigenvalue weighted by Crippen LogP contribution is 2.43. The van der Waals surface area contributed by atoms with E-state index in [0.29, 0.717) is 30.5 Å². The Morgan fingerprint density at radius 1 is 1.25 bits per heavy atom. The molecule has 0 unspecified atom stereocenters. The topological polar surface area (TPSA) is 99.9 Å². The molecule has 0 spiro atoms. The van der Waals surface area contributed by atoms with Gasteiger partial charge in [0.1, 0.15) is 0 Å². The van der Waals surface area contributed by atoms with Gasteiger partial charge in [0.25, 0.3) is 5.91 Å². The highest BCUT2D eigenvalue weighted by molar-refractivity contribution is 7.89. The van der Waals surface area contributed by atoms with Gasteiger partial charge in [-0.25, -0.2) is 13.1 Å². The minimum absolute atomic E-state index is 0.126. The van der Waals surface area contributed by atoms with Gasteiger partial charge in [0.05, 0.1) is 41.5 Å². The van der Waals surface area contributed by atoms with Crippen LogP contribution in [-0.2, 0) is 23.6 Å². The number of sulfonamides is 1. The smallest absolute Gasteiger partial charge is 0.263 e. The molecule has 1 amide bonds. The number of aliphatic imine (C=N–C) groups is 1. The second-order valence-electron chi connectivity index (χ2n) is 9.67. The van der Waals surface area contributed by atoms with E-state index in [9.17, 15) is 13.2 Å². The molecule has 10 heteroatoms. The number of fused-ring (bicyclic) bond motifs is 3. The van der Waals surface area contributed by atoms with Crippen molar-refractivity contribution >= 4 is 27.6 Å². The van der Waals surface area contributed by atoms with Gasteiger partial charge < -0.3 is 4.90 Å². The molecule has 3 heterocycles. The van der Waals surface area contributed by atoms with Crippen molar-refractivity contribution in [2.24, 2.45) is 18.0 Å². The zero-order valence-corrected chi connectivity index (χ0v) is 19.0. The summed E-state index contributed by atoms with van der Waals surface area (Å²) in [5.41, 5.74) is 1.68. The number of benzene rings is 1. The van der Waals surface area contributed by atoms with Crippen LogP contribution in [0.3, 0.4) is 0 Å². The highest BCUT2D eigenvalue weighted by atomic mass is 32.2. The molecule has 2 fully saturated rings. The zero-order chi connectivity index (χ0) is 22.3. The van der Waals surface area contributed by atoms with Crippen molar-refractivity contribution in [2.75, 3.05) is 11.4 Å². The standard InChI is InChI=1S/C22H26N6O3S/c1-22(7-8-22)25-32(30,31)16-5-6-18-17(9-16)20(29)27(13-14-10-24-26(2)12-14)21-23-11-19(28(18)21)15-3-4-15/h5-6,9-10,12,15,19,25H,3-4,7-8,11,13H2,1-2H3/t19-/m1/s1. The molecule has 1 N–H and O–H groups in total. The number of amides is 1. The van der Waals surface area contributed by atoms with E-state index in [1.807, 2.05) is 20.2 Å². The summed E-state index contributed by atoms with van der Waals surface area (Å²) in [6, 6.07) is 5.12. The number of guanidine groups is 1. The number of aromatic nitrogens is 2. The van der Waals surface area contributed by atoms with Crippen molar-refractivity contribution in [2.45, 2.75) is 55.6 Å². The summed E-state index contributed by atoms with van der Waals surface area (Å²) in [4.78, 5) is 22.3. The number of carbonyl (C=O) groups is 1. The third-order valence-corrected chi connectivity index (χ3v) is 8.50. The van der Waals surface area contributed by atoms with Gasteiger partial charge in [0.15, 0.2) is 0 Å².